The number of amides is 2. The smallest absolute Gasteiger partial charge is 0.254 e. The Hall–Kier alpha value is -2.90. The standard InChI is InChI=1S/C27H28ClFN2O3S/c1-3-18(2)31(27(33)19-5-4-6-20(28)15-19)16-26(32)30-13-11-25-23(12-14-35-25)24(30)17-34-22-9-7-21(29)8-10-22/h4-10,12,14-15,18,24H,3,11,13,16-17H2,1-2H3/t18-,24+/m1/s1. The van der Waals surface area contributed by atoms with Crippen molar-refractivity contribution in [2.75, 3.05) is 19.7 Å². The van der Waals surface area contributed by atoms with Gasteiger partial charge < -0.3 is 14.5 Å². The number of ether oxygens (including phenoxy) is 1. The number of carbonyl (C=O) groups excluding carboxylic acids is 2. The first kappa shape index (κ1) is 25.2. The Morgan fingerprint density at radius 3 is 2.71 bits per heavy atom. The molecule has 35 heavy (non-hydrogen) atoms. The second-order valence-electron chi connectivity index (χ2n) is 8.62. The Bertz CT molecular complexity index is 1180. The summed E-state index contributed by atoms with van der Waals surface area (Å²) in [7, 11) is 0. The molecule has 8 heteroatoms. The zero-order chi connectivity index (χ0) is 24.9. The lowest BCUT2D eigenvalue weighted by Gasteiger charge is -2.38. The van der Waals surface area contributed by atoms with Gasteiger partial charge in [0.15, 0.2) is 0 Å². The van der Waals surface area contributed by atoms with Gasteiger partial charge in [0.05, 0.1) is 6.04 Å². The minimum absolute atomic E-state index is 0.0348. The molecule has 4 rings (SSSR count). The van der Waals surface area contributed by atoms with E-state index in [9.17, 15) is 14.0 Å². The second kappa shape index (κ2) is 11.2. The monoisotopic (exact) mass is 514 g/mol. The number of rotatable bonds is 8. The molecule has 0 saturated heterocycles. The summed E-state index contributed by atoms with van der Waals surface area (Å²) in [6, 6.07) is 14.3. The lowest BCUT2D eigenvalue weighted by molar-refractivity contribution is -0.136. The Balaban J connectivity index is 1.54. The first-order valence-electron chi connectivity index (χ1n) is 11.7. The summed E-state index contributed by atoms with van der Waals surface area (Å²) in [6.07, 6.45) is 1.47. The number of nitrogens with zero attached hydrogens (tertiary/aromatic N) is 2. The predicted molar refractivity (Wildman–Crippen MR) is 137 cm³/mol. The van der Waals surface area contributed by atoms with Crippen LogP contribution in [0.4, 0.5) is 4.39 Å². The van der Waals surface area contributed by atoms with E-state index in [1.807, 2.05) is 25.3 Å². The lowest BCUT2D eigenvalue weighted by atomic mass is 10.00. The fraction of sp³-hybridized carbons (Fsp3) is 0.333. The molecule has 0 spiro atoms. The van der Waals surface area contributed by atoms with Crippen molar-refractivity contribution in [3.05, 3.63) is 86.8 Å². The Labute approximate surface area is 214 Å². The zero-order valence-corrected chi connectivity index (χ0v) is 21.3. The third-order valence-corrected chi connectivity index (χ3v) is 7.63. The summed E-state index contributed by atoms with van der Waals surface area (Å²) >= 11 is 7.78. The van der Waals surface area contributed by atoms with Gasteiger partial charge in [-0.15, -0.1) is 11.3 Å². The van der Waals surface area contributed by atoms with Gasteiger partial charge in [0.25, 0.3) is 5.91 Å². The molecule has 1 aromatic heterocycles. The molecule has 2 amide bonds. The van der Waals surface area contributed by atoms with Crippen LogP contribution in [-0.2, 0) is 11.2 Å². The maximum atomic E-state index is 13.6. The fourth-order valence-corrected chi connectivity index (χ4v) is 5.37. The summed E-state index contributed by atoms with van der Waals surface area (Å²) in [5.41, 5.74) is 1.52. The van der Waals surface area contributed by atoms with Crippen LogP contribution >= 0.6 is 22.9 Å². The van der Waals surface area contributed by atoms with Crippen molar-refractivity contribution in [2.45, 2.75) is 38.8 Å². The molecule has 0 fully saturated rings. The highest BCUT2D eigenvalue weighted by Gasteiger charge is 2.34. The highest BCUT2D eigenvalue weighted by atomic mass is 35.5. The quantitative estimate of drug-likeness (QED) is 0.371. The lowest BCUT2D eigenvalue weighted by Crippen LogP contribution is -2.49. The van der Waals surface area contributed by atoms with Gasteiger partial charge in [-0.3, -0.25) is 9.59 Å². The highest BCUT2D eigenvalue weighted by Crippen LogP contribution is 2.34. The summed E-state index contributed by atoms with van der Waals surface area (Å²) in [5.74, 6) is -0.146. The second-order valence-corrected chi connectivity index (χ2v) is 10.1. The zero-order valence-electron chi connectivity index (χ0n) is 19.7. The molecule has 0 unspecified atom stereocenters. The molecule has 0 bridgehead atoms. The maximum absolute atomic E-state index is 13.6. The normalized spacial score (nSPS) is 15.9. The van der Waals surface area contributed by atoms with E-state index in [2.05, 4.69) is 0 Å². The van der Waals surface area contributed by atoms with E-state index in [0.717, 1.165) is 12.0 Å². The number of halogens is 2. The van der Waals surface area contributed by atoms with Crippen LogP contribution < -0.4 is 4.74 Å². The molecule has 184 valence electrons. The number of benzene rings is 2. The first-order valence-corrected chi connectivity index (χ1v) is 12.9. The van der Waals surface area contributed by atoms with Gasteiger partial charge in [-0.05, 0) is 79.2 Å². The van der Waals surface area contributed by atoms with Crippen molar-refractivity contribution >= 4 is 34.8 Å². The van der Waals surface area contributed by atoms with Crippen LogP contribution in [0.25, 0.3) is 0 Å². The fourth-order valence-electron chi connectivity index (χ4n) is 4.25. The van der Waals surface area contributed by atoms with Crippen LogP contribution in [0, 0.1) is 5.82 Å². The highest BCUT2D eigenvalue weighted by molar-refractivity contribution is 7.10. The minimum Gasteiger partial charge on any atom is -0.491 e. The molecule has 3 aromatic rings. The van der Waals surface area contributed by atoms with Crippen molar-refractivity contribution in [2.24, 2.45) is 0 Å². The van der Waals surface area contributed by atoms with Gasteiger partial charge in [0.2, 0.25) is 5.91 Å². The van der Waals surface area contributed by atoms with Crippen LogP contribution in [0.15, 0.2) is 60.0 Å². The minimum atomic E-state index is -0.332. The van der Waals surface area contributed by atoms with Crippen molar-refractivity contribution in [1.82, 2.24) is 9.80 Å². The summed E-state index contributed by atoms with van der Waals surface area (Å²) in [6.45, 7) is 4.69. The van der Waals surface area contributed by atoms with Crippen molar-refractivity contribution < 1.29 is 18.7 Å². The topological polar surface area (TPSA) is 49.9 Å². The largest absolute Gasteiger partial charge is 0.491 e. The van der Waals surface area contributed by atoms with E-state index >= 15 is 0 Å². The van der Waals surface area contributed by atoms with Gasteiger partial charge in [-0.2, -0.15) is 0 Å². The summed E-state index contributed by atoms with van der Waals surface area (Å²) in [5, 5.41) is 2.50. The molecule has 0 radical (unpaired) electrons. The van der Waals surface area contributed by atoms with Gasteiger partial charge in [-0.1, -0.05) is 24.6 Å². The molecule has 2 aromatic carbocycles. The average Bonchev–Trinajstić information content (AvgIpc) is 3.35. The van der Waals surface area contributed by atoms with E-state index in [1.165, 1.54) is 17.0 Å². The number of hydrogen-bond acceptors (Lipinski definition) is 4. The van der Waals surface area contributed by atoms with Gasteiger partial charge in [0.1, 0.15) is 24.7 Å². The van der Waals surface area contributed by atoms with Gasteiger partial charge in [0, 0.05) is 28.0 Å². The molecule has 5 nitrogen and oxygen atoms in total. The van der Waals surface area contributed by atoms with E-state index < -0.39 is 0 Å². The predicted octanol–water partition coefficient (Wildman–Crippen LogP) is 5.99. The van der Waals surface area contributed by atoms with E-state index in [1.54, 1.807) is 57.5 Å². The third-order valence-electron chi connectivity index (χ3n) is 6.40. The molecular formula is C27H28ClFN2O3S. The van der Waals surface area contributed by atoms with E-state index in [-0.39, 0.29) is 42.9 Å². The van der Waals surface area contributed by atoms with Crippen molar-refractivity contribution in [3.8, 4) is 5.75 Å². The molecule has 0 aliphatic carbocycles. The molecule has 2 atom stereocenters. The first-order chi connectivity index (χ1) is 16.9. The Morgan fingerprint density at radius 1 is 1.23 bits per heavy atom. The SMILES string of the molecule is CC[C@@H](C)N(CC(=O)N1CCc2sccc2[C@@H]1COc1ccc(F)cc1)C(=O)c1cccc(Cl)c1. The van der Waals surface area contributed by atoms with Gasteiger partial charge >= 0.3 is 0 Å². The number of thiophene rings is 1. The van der Waals surface area contributed by atoms with Crippen LogP contribution in [0.5, 0.6) is 5.75 Å². The molecule has 1 aliphatic rings. The number of hydrogen-bond donors (Lipinski definition) is 0. The van der Waals surface area contributed by atoms with Crippen molar-refractivity contribution in [1.29, 1.82) is 0 Å². The number of fused-ring (bicyclic) bond motifs is 1. The number of carbonyl (C=O) groups is 2. The molecule has 1 aliphatic heterocycles. The molecule has 0 saturated carbocycles. The summed E-state index contributed by atoms with van der Waals surface area (Å²) in [4.78, 5) is 31.6. The van der Waals surface area contributed by atoms with E-state index in [4.69, 9.17) is 16.3 Å². The van der Waals surface area contributed by atoms with Crippen LogP contribution in [0.1, 0.15) is 47.1 Å². The van der Waals surface area contributed by atoms with E-state index in [0.29, 0.717) is 29.3 Å². The maximum Gasteiger partial charge on any atom is 0.254 e. The average molecular weight is 515 g/mol. The Morgan fingerprint density at radius 2 is 2.00 bits per heavy atom. The molecular weight excluding hydrogens is 487 g/mol. The van der Waals surface area contributed by atoms with Crippen LogP contribution in [-0.4, -0.2) is 47.4 Å². The Kier molecular flexibility index (Phi) is 8.08. The van der Waals surface area contributed by atoms with Crippen LogP contribution in [0.2, 0.25) is 5.02 Å². The van der Waals surface area contributed by atoms with Gasteiger partial charge in [-0.25, -0.2) is 4.39 Å². The van der Waals surface area contributed by atoms with Crippen LogP contribution in [0.3, 0.4) is 0 Å². The third kappa shape index (κ3) is 5.85. The van der Waals surface area contributed by atoms with Crippen molar-refractivity contribution in [3.63, 3.8) is 0 Å². The molecule has 2 heterocycles. The molecule has 0 N–H and O–H groups in total. The summed E-state index contributed by atoms with van der Waals surface area (Å²) < 4.78 is 19.2.